The summed E-state index contributed by atoms with van der Waals surface area (Å²) in [7, 11) is 1.78. The van der Waals surface area contributed by atoms with Gasteiger partial charge in [0.05, 0.1) is 0 Å². The van der Waals surface area contributed by atoms with Gasteiger partial charge in [0.15, 0.2) is 0 Å². The molecular weight excluding hydrogens is 488 g/mol. The van der Waals surface area contributed by atoms with E-state index in [4.69, 9.17) is 26.6 Å². The second kappa shape index (κ2) is 13.7. The second-order valence-corrected chi connectivity index (χ2v) is 9.87. The number of carbonyl (C=O) groups is 2. The first-order chi connectivity index (χ1) is 16.9. The van der Waals surface area contributed by atoms with Crippen molar-refractivity contribution in [2.24, 2.45) is 0 Å². The van der Waals surface area contributed by atoms with Crippen molar-refractivity contribution in [3.05, 3.63) is 70.8 Å². The highest BCUT2D eigenvalue weighted by molar-refractivity contribution is 7.99. The smallest absolute Gasteiger partial charge is 0.328 e. The van der Waals surface area contributed by atoms with Crippen LogP contribution in [0.15, 0.2) is 64.4 Å². The van der Waals surface area contributed by atoms with E-state index in [0.29, 0.717) is 18.2 Å². The van der Waals surface area contributed by atoms with Gasteiger partial charge in [0.2, 0.25) is 0 Å². The number of hydrogen-bond acceptors (Lipinski definition) is 6. The van der Waals surface area contributed by atoms with E-state index in [1.54, 1.807) is 7.11 Å². The number of methoxy groups -OCH3 is 1. The topological polar surface area (TPSA) is 90.3 Å². The molecule has 1 fully saturated rings. The van der Waals surface area contributed by atoms with E-state index in [9.17, 15) is 9.59 Å². The minimum atomic E-state index is -1.26. The van der Waals surface area contributed by atoms with Gasteiger partial charge in [0.1, 0.15) is 0 Å². The van der Waals surface area contributed by atoms with Crippen LogP contribution < -0.4 is 0 Å². The van der Waals surface area contributed by atoms with Gasteiger partial charge in [-0.1, -0.05) is 41.6 Å². The molecule has 2 aliphatic rings. The van der Waals surface area contributed by atoms with Crippen LogP contribution in [0.5, 0.6) is 0 Å². The van der Waals surface area contributed by atoms with Crippen LogP contribution in [0.4, 0.5) is 0 Å². The first-order valence-corrected chi connectivity index (χ1v) is 12.7. The standard InChI is InChI=1S/C22H27ClN2OS.C4H4O4/c1-26-14-4-9-24-10-12-25(13-11-24)20-15-17-5-2-3-6-21(17)27-22-8-7-18(23)16-19(20)22;5-3(6)1-2-4(7)8/h2-3,5-8,16,20H,4,9-15H2,1H3;1-2H,(H,5,6)(H,7,8)/b;2-1-. The summed E-state index contributed by atoms with van der Waals surface area (Å²) >= 11 is 8.28. The molecule has 0 saturated carbocycles. The van der Waals surface area contributed by atoms with Gasteiger partial charge in [-0.05, 0) is 48.2 Å². The molecule has 2 aliphatic heterocycles. The number of carboxylic acids is 2. The van der Waals surface area contributed by atoms with Crippen molar-refractivity contribution in [1.29, 1.82) is 0 Å². The van der Waals surface area contributed by atoms with Crippen LogP contribution in [0.2, 0.25) is 5.02 Å². The van der Waals surface area contributed by atoms with Crippen molar-refractivity contribution in [1.82, 2.24) is 9.80 Å². The average Bonchev–Trinajstić information content (AvgIpc) is 3.00. The molecule has 2 aromatic rings. The minimum absolute atomic E-state index is 0.399. The summed E-state index contributed by atoms with van der Waals surface area (Å²) in [5, 5.41) is 16.5. The Hall–Kier alpha value is -2.36. The monoisotopic (exact) mass is 518 g/mol. The summed E-state index contributed by atoms with van der Waals surface area (Å²) in [6.07, 6.45) is 3.28. The number of aliphatic carboxylic acids is 2. The Labute approximate surface area is 215 Å². The Morgan fingerprint density at radius 3 is 2.40 bits per heavy atom. The van der Waals surface area contributed by atoms with Crippen molar-refractivity contribution in [2.75, 3.05) is 46.4 Å². The highest BCUT2D eigenvalue weighted by atomic mass is 35.5. The zero-order valence-corrected chi connectivity index (χ0v) is 21.3. The van der Waals surface area contributed by atoms with Gasteiger partial charge >= 0.3 is 11.9 Å². The normalized spacial score (nSPS) is 18.2. The molecule has 188 valence electrons. The summed E-state index contributed by atoms with van der Waals surface area (Å²) in [6.45, 7) is 6.46. The number of rotatable bonds is 7. The lowest BCUT2D eigenvalue weighted by atomic mass is 9.96. The van der Waals surface area contributed by atoms with E-state index in [-0.39, 0.29) is 0 Å². The molecule has 1 unspecified atom stereocenters. The molecule has 1 atom stereocenters. The third kappa shape index (κ3) is 8.37. The van der Waals surface area contributed by atoms with E-state index >= 15 is 0 Å². The molecule has 9 heteroatoms. The highest BCUT2D eigenvalue weighted by Gasteiger charge is 2.30. The van der Waals surface area contributed by atoms with Crippen molar-refractivity contribution < 1.29 is 24.5 Å². The molecular formula is C26H31ClN2O5S. The van der Waals surface area contributed by atoms with E-state index < -0.39 is 11.9 Å². The number of piperazine rings is 1. The lowest BCUT2D eigenvalue weighted by Crippen LogP contribution is -2.48. The summed E-state index contributed by atoms with van der Waals surface area (Å²) < 4.78 is 5.19. The third-order valence-corrected chi connectivity index (χ3v) is 7.42. The van der Waals surface area contributed by atoms with Crippen LogP contribution in [0, 0.1) is 0 Å². The fourth-order valence-electron chi connectivity index (χ4n) is 4.28. The van der Waals surface area contributed by atoms with Gasteiger partial charge < -0.3 is 19.8 Å². The number of fused-ring (bicyclic) bond motifs is 2. The van der Waals surface area contributed by atoms with Crippen LogP contribution in [-0.2, 0) is 20.7 Å². The maximum atomic E-state index is 9.55. The van der Waals surface area contributed by atoms with Crippen LogP contribution in [0.25, 0.3) is 0 Å². The SMILES string of the molecule is COCCCN1CCN(C2Cc3ccccc3Sc3ccc(Cl)cc32)CC1.O=C(O)/C=C\C(=O)O. The Morgan fingerprint density at radius 1 is 1.06 bits per heavy atom. The molecule has 2 heterocycles. The van der Waals surface area contributed by atoms with Gasteiger partial charge in [-0.15, -0.1) is 0 Å². The lowest BCUT2D eigenvalue weighted by molar-refractivity contribution is -0.134. The number of ether oxygens (including phenoxy) is 1. The summed E-state index contributed by atoms with van der Waals surface area (Å²) in [4.78, 5) is 27.0. The van der Waals surface area contributed by atoms with Crippen LogP contribution in [0.3, 0.4) is 0 Å². The first kappa shape index (κ1) is 27.2. The van der Waals surface area contributed by atoms with E-state index in [0.717, 1.165) is 57.2 Å². The maximum absolute atomic E-state index is 9.55. The van der Waals surface area contributed by atoms with Crippen LogP contribution >= 0.6 is 23.4 Å². The molecule has 1 saturated heterocycles. The molecule has 35 heavy (non-hydrogen) atoms. The highest BCUT2D eigenvalue weighted by Crippen LogP contribution is 2.43. The van der Waals surface area contributed by atoms with Gasteiger partial charge in [-0.25, -0.2) is 9.59 Å². The summed E-state index contributed by atoms with van der Waals surface area (Å²) in [6, 6.07) is 15.6. The largest absolute Gasteiger partial charge is 0.478 e. The molecule has 2 N–H and O–H groups in total. The molecule has 7 nitrogen and oxygen atoms in total. The number of benzene rings is 2. The predicted molar refractivity (Wildman–Crippen MR) is 137 cm³/mol. The van der Waals surface area contributed by atoms with Crippen molar-refractivity contribution >= 4 is 35.3 Å². The Morgan fingerprint density at radius 2 is 1.74 bits per heavy atom. The zero-order chi connectivity index (χ0) is 25.2. The fraction of sp³-hybridized carbons (Fsp3) is 0.385. The Balaban J connectivity index is 0.000000371. The van der Waals surface area contributed by atoms with Crippen LogP contribution in [-0.4, -0.2) is 78.4 Å². The van der Waals surface area contributed by atoms with Crippen LogP contribution in [0.1, 0.15) is 23.6 Å². The molecule has 0 aliphatic carbocycles. The van der Waals surface area contributed by atoms with Crippen molar-refractivity contribution in [2.45, 2.75) is 28.7 Å². The number of halogens is 1. The minimum Gasteiger partial charge on any atom is -0.478 e. The van der Waals surface area contributed by atoms with E-state index in [1.807, 2.05) is 17.8 Å². The molecule has 0 bridgehead atoms. The maximum Gasteiger partial charge on any atom is 0.328 e. The van der Waals surface area contributed by atoms with Gasteiger partial charge in [0.25, 0.3) is 0 Å². The van der Waals surface area contributed by atoms with Gasteiger partial charge in [-0.3, -0.25) is 4.90 Å². The van der Waals surface area contributed by atoms with E-state index in [1.165, 1.54) is 20.9 Å². The van der Waals surface area contributed by atoms with Crippen molar-refractivity contribution in [3.8, 4) is 0 Å². The number of hydrogen-bond donors (Lipinski definition) is 2. The molecule has 0 spiro atoms. The number of carboxylic acid groups (broad SMARTS) is 2. The first-order valence-electron chi connectivity index (χ1n) is 11.5. The van der Waals surface area contributed by atoms with Crippen molar-refractivity contribution in [3.63, 3.8) is 0 Å². The Bertz CT molecular complexity index is 1020. The third-order valence-electron chi connectivity index (χ3n) is 5.98. The summed E-state index contributed by atoms with van der Waals surface area (Å²) in [5.41, 5.74) is 2.83. The van der Waals surface area contributed by atoms with Gasteiger partial charge in [-0.2, -0.15) is 0 Å². The average molecular weight is 519 g/mol. The van der Waals surface area contributed by atoms with Gasteiger partial charge in [0, 0.05) is 79.4 Å². The molecule has 2 aromatic carbocycles. The summed E-state index contributed by atoms with van der Waals surface area (Å²) in [5.74, 6) is -2.51. The number of nitrogens with zero attached hydrogens (tertiary/aromatic N) is 2. The molecule has 0 amide bonds. The second-order valence-electron chi connectivity index (χ2n) is 8.35. The Kier molecular flexibility index (Phi) is 10.6. The van der Waals surface area contributed by atoms with E-state index in [2.05, 4.69) is 46.2 Å². The lowest BCUT2D eigenvalue weighted by Gasteiger charge is -2.39. The quantitative estimate of drug-likeness (QED) is 0.410. The molecule has 0 radical (unpaired) electrons. The molecule has 4 rings (SSSR count). The molecule has 0 aromatic heterocycles. The fourth-order valence-corrected chi connectivity index (χ4v) is 5.58. The predicted octanol–water partition coefficient (Wildman–Crippen LogP) is 4.45. The zero-order valence-electron chi connectivity index (χ0n) is 19.7.